The Morgan fingerprint density at radius 2 is 1.74 bits per heavy atom. The van der Waals surface area contributed by atoms with E-state index in [9.17, 15) is 9.18 Å². The van der Waals surface area contributed by atoms with Crippen LogP contribution in [-0.2, 0) is 4.79 Å². The van der Waals surface area contributed by atoms with Crippen molar-refractivity contribution in [3.8, 4) is 0 Å². The Morgan fingerprint density at radius 3 is 2.48 bits per heavy atom. The second-order valence-electron chi connectivity index (χ2n) is 7.32. The largest absolute Gasteiger partial charge is 0.368 e. The van der Waals surface area contributed by atoms with Crippen molar-refractivity contribution in [3.63, 3.8) is 0 Å². The standard InChI is InChI=1S/C23H24FN5OS/c1-17-4-2-3-5-20(17)27-22(30)15-31-23-14-21(25-16-26-23)29-12-10-28(11-13-29)19-8-6-18(24)7-9-19/h2-9,14,16H,10-13,15H2,1H3,(H,27,30). The molecule has 3 aromatic rings. The van der Waals surface area contributed by atoms with Crippen LogP contribution in [0, 0.1) is 12.7 Å². The summed E-state index contributed by atoms with van der Waals surface area (Å²) in [5.74, 6) is 0.854. The van der Waals surface area contributed by atoms with Crippen LogP contribution in [0.2, 0.25) is 0 Å². The molecule has 0 spiro atoms. The van der Waals surface area contributed by atoms with Gasteiger partial charge < -0.3 is 15.1 Å². The van der Waals surface area contributed by atoms with Gasteiger partial charge in [0.1, 0.15) is 23.0 Å². The fourth-order valence-corrected chi connectivity index (χ4v) is 4.13. The number of thioether (sulfide) groups is 1. The summed E-state index contributed by atoms with van der Waals surface area (Å²) in [7, 11) is 0. The molecule has 1 fully saturated rings. The summed E-state index contributed by atoms with van der Waals surface area (Å²) in [5, 5.41) is 3.71. The highest BCUT2D eigenvalue weighted by atomic mass is 32.2. The van der Waals surface area contributed by atoms with Crippen molar-refractivity contribution >= 4 is 34.9 Å². The molecule has 31 heavy (non-hydrogen) atoms. The molecule has 2 aromatic carbocycles. The number of aromatic nitrogens is 2. The van der Waals surface area contributed by atoms with E-state index in [-0.39, 0.29) is 17.5 Å². The number of anilines is 3. The number of hydrogen-bond acceptors (Lipinski definition) is 6. The molecule has 0 unspecified atom stereocenters. The molecule has 4 rings (SSSR count). The van der Waals surface area contributed by atoms with E-state index < -0.39 is 0 Å². The van der Waals surface area contributed by atoms with Gasteiger partial charge >= 0.3 is 0 Å². The maximum atomic E-state index is 13.1. The van der Waals surface area contributed by atoms with Gasteiger partial charge in [0, 0.05) is 43.6 Å². The normalized spacial score (nSPS) is 13.9. The summed E-state index contributed by atoms with van der Waals surface area (Å²) in [4.78, 5) is 25.5. The van der Waals surface area contributed by atoms with Crippen molar-refractivity contribution in [1.29, 1.82) is 0 Å². The van der Waals surface area contributed by atoms with Crippen LogP contribution in [-0.4, -0.2) is 47.8 Å². The van der Waals surface area contributed by atoms with Crippen molar-refractivity contribution in [2.75, 3.05) is 47.0 Å². The minimum atomic E-state index is -0.221. The van der Waals surface area contributed by atoms with Crippen LogP contribution >= 0.6 is 11.8 Å². The molecular formula is C23H24FN5OS. The molecule has 1 saturated heterocycles. The lowest BCUT2D eigenvalue weighted by Crippen LogP contribution is -2.46. The van der Waals surface area contributed by atoms with Crippen LogP contribution in [0.25, 0.3) is 0 Å². The predicted octanol–water partition coefficient (Wildman–Crippen LogP) is 3.98. The number of aryl methyl sites for hydroxylation is 1. The number of halogens is 1. The fraction of sp³-hybridized carbons (Fsp3) is 0.261. The average molecular weight is 438 g/mol. The number of amides is 1. The number of carbonyl (C=O) groups excluding carboxylic acids is 1. The highest BCUT2D eigenvalue weighted by molar-refractivity contribution is 7.99. The molecule has 8 heteroatoms. The monoisotopic (exact) mass is 437 g/mol. The maximum absolute atomic E-state index is 13.1. The average Bonchev–Trinajstić information content (AvgIpc) is 2.80. The molecule has 6 nitrogen and oxygen atoms in total. The Morgan fingerprint density at radius 1 is 1.03 bits per heavy atom. The molecular weight excluding hydrogens is 413 g/mol. The van der Waals surface area contributed by atoms with E-state index in [2.05, 4.69) is 25.1 Å². The first kappa shape index (κ1) is 21.1. The van der Waals surface area contributed by atoms with Crippen LogP contribution in [0.1, 0.15) is 5.56 Å². The van der Waals surface area contributed by atoms with Crippen LogP contribution in [0.15, 0.2) is 66.0 Å². The molecule has 0 saturated carbocycles. The van der Waals surface area contributed by atoms with Crippen LogP contribution in [0.4, 0.5) is 21.6 Å². The maximum Gasteiger partial charge on any atom is 0.234 e. The summed E-state index contributed by atoms with van der Waals surface area (Å²) >= 11 is 1.39. The Labute approximate surface area is 185 Å². The summed E-state index contributed by atoms with van der Waals surface area (Å²) in [6, 6.07) is 16.2. The number of piperazine rings is 1. The summed E-state index contributed by atoms with van der Waals surface area (Å²) < 4.78 is 13.1. The molecule has 0 bridgehead atoms. The lowest BCUT2D eigenvalue weighted by molar-refractivity contribution is -0.113. The minimum absolute atomic E-state index is 0.0626. The molecule has 0 aliphatic carbocycles. The molecule has 1 aliphatic rings. The van der Waals surface area contributed by atoms with E-state index in [0.29, 0.717) is 0 Å². The number of para-hydroxylation sites is 1. The van der Waals surface area contributed by atoms with Crippen LogP contribution < -0.4 is 15.1 Å². The number of benzene rings is 2. The van der Waals surface area contributed by atoms with E-state index in [0.717, 1.165) is 54.0 Å². The molecule has 1 N–H and O–H groups in total. The van der Waals surface area contributed by atoms with Gasteiger partial charge in [0.2, 0.25) is 5.91 Å². The number of nitrogens with zero attached hydrogens (tertiary/aromatic N) is 4. The van der Waals surface area contributed by atoms with Gasteiger partial charge in [-0.3, -0.25) is 4.79 Å². The molecule has 1 amide bonds. The third-order valence-electron chi connectivity index (χ3n) is 5.19. The van der Waals surface area contributed by atoms with Gasteiger partial charge in [-0.05, 0) is 42.8 Å². The van der Waals surface area contributed by atoms with Gasteiger partial charge in [0.05, 0.1) is 5.75 Å². The second kappa shape index (κ2) is 9.78. The van der Waals surface area contributed by atoms with Gasteiger partial charge in [-0.1, -0.05) is 30.0 Å². The third kappa shape index (κ3) is 5.52. The van der Waals surface area contributed by atoms with E-state index in [1.165, 1.54) is 23.9 Å². The van der Waals surface area contributed by atoms with E-state index >= 15 is 0 Å². The quantitative estimate of drug-likeness (QED) is 0.465. The molecule has 160 valence electrons. The lowest BCUT2D eigenvalue weighted by atomic mass is 10.2. The van der Waals surface area contributed by atoms with E-state index in [1.807, 2.05) is 49.4 Å². The highest BCUT2D eigenvalue weighted by Crippen LogP contribution is 2.23. The predicted molar refractivity (Wildman–Crippen MR) is 123 cm³/mol. The fourth-order valence-electron chi connectivity index (χ4n) is 3.47. The zero-order valence-corrected chi connectivity index (χ0v) is 18.1. The minimum Gasteiger partial charge on any atom is -0.368 e. The second-order valence-corrected chi connectivity index (χ2v) is 8.31. The summed E-state index contributed by atoms with van der Waals surface area (Å²) in [6.07, 6.45) is 1.54. The highest BCUT2D eigenvalue weighted by Gasteiger charge is 2.19. The first-order chi connectivity index (χ1) is 15.1. The summed E-state index contributed by atoms with van der Waals surface area (Å²) in [5.41, 5.74) is 2.89. The third-order valence-corrected chi connectivity index (χ3v) is 6.12. The van der Waals surface area contributed by atoms with Gasteiger partial charge in [0.25, 0.3) is 0 Å². The topological polar surface area (TPSA) is 61.4 Å². The number of nitrogens with one attached hydrogen (secondary N) is 1. The van der Waals surface area contributed by atoms with Crippen molar-refractivity contribution in [2.24, 2.45) is 0 Å². The zero-order valence-electron chi connectivity index (χ0n) is 17.3. The first-order valence-corrected chi connectivity index (χ1v) is 11.1. The zero-order chi connectivity index (χ0) is 21.6. The Kier molecular flexibility index (Phi) is 6.66. The molecule has 2 heterocycles. The van der Waals surface area contributed by atoms with Gasteiger partial charge in [-0.15, -0.1) is 0 Å². The molecule has 1 aromatic heterocycles. The molecule has 0 atom stereocenters. The summed E-state index contributed by atoms with van der Waals surface area (Å²) in [6.45, 7) is 5.25. The van der Waals surface area contributed by atoms with Gasteiger partial charge in [-0.25, -0.2) is 14.4 Å². The van der Waals surface area contributed by atoms with Crippen LogP contribution in [0.5, 0.6) is 0 Å². The lowest BCUT2D eigenvalue weighted by Gasteiger charge is -2.36. The van der Waals surface area contributed by atoms with Gasteiger partial charge in [-0.2, -0.15) is 0 Å². The SMILES string of the molecule is Cc1ccccc1NC(=O)CSc1cc(N2CCN(c3ccc(F)cc3)CC2)ncn1. The van der Waals surface area contributed by atoms with E-state index in [1.54, 1.807) is 6.33 Å². The number of hydrogen-bond donors (Lipinski definition) is 1. The smallest absolute Gasteiger partial charge is 0.234 e. The van der Waals surface area contributed by atoms with E-state index in [4.69, 9.17) is 0 Å². The van der Waals surface area contributed by atoms with Crippen molar-refractivity contribution in [3.05, 3.63) is 72.3 Å². The van der Waals surface area contributed by atoms with Crippen LogP contribution in [0.3, 0.4) is 0 Å². The van der Waals surface area contributed by atoms with Crippen molar-refractivity contribution in [1.82, 2.24) is 9.97 Å². The molecule has 1 aliphatic heterocycles. The first-order valence-electron chi connectivity index (χ1n) is 10.1. The van der Waals surface area contributed by atoms with Gasteiger partial charge in [0.15, 0.2) is 0 Å². The Bertz CT molecular complexity index is 1040. The number of carbonyl (C=O) groups is 1. The van der Waals surface area contributed by atoms with Crippen molar-refractivity contribution in [2.45, 2.75) is 11.9 Å². The Balaban J connectivity index is 1.31. The Hall–Kier alpha value is -3.13. The van der Waals surface area contributed by atoms with Crippen molar-refractivity contribution < 1.29 is 9.18 Å². The molecule has 0 radical (unpaired) electrons. The number of rotatable bonds is 6.